The van der Waals surface area contributed by atoms with Gasteiger partial charge in [0.15, 0.2) is 0 Å². The van der Waals surface area contributed by atoms with Gasteiger partial charge < -0.3 is 10.1 Å². The van der Waals surface area contributed by atoms with Gasteiger partial charge in [0, 0.05) is 0 Å². The van der Waals surface area contributed by atoms with Crippen LogP contribution in [0.15, 0.2) is 18.2 Å². The molecule has 0 saturated carbocycles. The lowest BCUT2D eigenvalue weighted by atomic mass is 9.88. The summed E-state index contributed by atoms with van der Waals surface area (Å²) in [6, 6.07) is 6.73. The second-order valence-corrected chi connectivity index (χ2v) is 5.66. The van der Waals surface area contributed by atoms with Gasteiger partial charge in [0.25, 0.3) is 0 Å². The minimum absolute atomic E-state index is 0.706. The van der Waals surface area contributed by atoms with E-state index >= 15 is 0 Å². The lowest BCUT2D eigenvalue weighted by Crippen LogP contribution is -2.25. The number of benzene rings is 1. The van der Waals surface area contributed by atoms with Crippen molar-refractivity contribution in [1.29, 1.82) is 0 Å². The average Bonchev–Trinajstić information content (AvgIpc) is 2.38. The van der Waals surface area contributed by atoms with Gasteiger partial charge in [-0.05, 0) is 61.9 Å². The van der Waals surface area contributed by atoms with Gasteiger partial charge in [-0.2, -0.15) is 0 Å². The quantitative estimate of drug-likeness (QED) is 0.863. The van der Waals surface area contributed by atoms with Gasteiger partial charge in [-0.25, -0.2) is 0 Å². The molecule has 1 aromatic rings. The molecule has 0 fully saturated rings. The van der Waals surface area contributed by atoms with Crippen LogP contribution in [0.25, 0.3) is 0 Å². The molecule has 0 spiro atoms. The third-order valence-corrected chi connectivity index (χ3v) is 3.88. The molecular weight excluding hydrogens is 222 g/mol. The van der Waals surface area contributed by atoms with Crippen LogP contribution in [0, 0.1) is 11.8 Å². The molecule has 0 saturated heterocycles. The summed E-state index contributed by atoms with van der Waals surface area (Å²) in [5.41, 5.74) is 2.85. The zero-order valence-electron chi connectivity index (χ0n) is 11.8. The second-order valence-electron chi connectivity index (χ2n) is 5.66. The standard InChI is InChI=1S/C16H25NO/c1-12(2)15(11-17-3)10-13-6-7-16-14(9-13)5-4-8-18-16/h6-7,9,12,15,17H,4-5,8,10-11H2,1-3H3. The SMILES string of the molecule is CNCC(Cc1ccc2c(c1)CCCO2)C(C)C. The smallest absolute Gasteiger partial charge is 0.122 e. The first-order valence-corrected chi connectivity index (χ1v) is 7.10. The third-order valence-electron chi connectivity index (χ3n) is 3.88. The maximum Gasteiger partial charge on any atom is 0.122 e. The van der Waals surface area contributed by atoms with E-state index in [0.717, 1.165) is 31.7 Å². The predicted molar refractivity (Wildman–Crippen MR) is 76.2 cm³/mol. The van der Waals surface area contributed by atoms with Crippen LogP contribution in [0.5, 0.6) is 5.75 Å². The first-order valence-electron chi connectivity index (χ1n) is 7.10. The zero-order chi connectivity index (χ0) is 13.0. The summed E-state index contributed by atoms with van der Waals surface area (Å²) in [5.74, 6) is 2.52. The molecular formula is C16H25NO. The summed E-state index contributed by atoms with van der Waals surface area (Å²) in [5, 5.41) is 3.31. The van der Waals surface area contributed by atoms with Crippen LogP contribution in [0.3, 0.4) is 0 Å². The van der Waals surface area contributed by atoms with E-state index < -0.39 is 0 Å². The number of aryl methyl sites for hydroxylation is 1. The number of rotatable bonds is 5. The molecule has 100 valence electrons. The van der Waals surface area contributed by atoms with Crippen LogP contribution in [-0.4, -0.2) is 20.2 Å². The molecule has 1 heterocycles. The van der Waals surface area contributed by atoms with Gasteiger partial charge in [-0.3, -0.25) is 0 Å². The Hall–Kier alpha value is -1.02. The monoisotopic (exact) mass is 247 g/mol. The van der Waals surface area contributed by atoms with Crippen molar-refractivity contribution in [3.63, 3.8) is 0 Å². The molecule has 1 unspecified atom stereocenters. The summed E-state index contributed by atoms with van der Waals surface area (Å²) in [6.45, 7) is 6.58. The van der Waals surface area contributed by atoms with Gasteiger partial charge in [0.05, 0.1) is 6.61 Å². The predicted octanol–water partition coefficient (Wildman–Crippen LogP) is 3.05. The first kappa shape index (κ1) is 13.4. The van der Waals surface area contributed by atoms with E-state index in [1.165, 1.54) is 17.5 Å². The van der Waals surface area contributed by atoms with Crippen molar-refractivity contribution in [3.8, 4) is 5.75 Å². The Balaban J connectivity index is 2.08. The number of fused-ring (bicyclic) bond motifs is 1. The highest BCUT2D eigenvalue weighted by atomic mass is 16.5. The molecule has 1 aliphatic heterocycles. The number of hydrogen-bond donors (Lipinski definition) is 1. The highest BCUT2D eigenvalue weighted by Gasteiger charge is 2.15. The topological polar surface area (TPSA) is 21.3 Å². The summed E-state index contributed by atoms with van der Waals surface area (Å²) in [4.78, 5) is 0. The van der Waals surface area contributed by atoms with Gasteiger partial charge in [-0.1, -0.05) is 26.0 Å². The molecule has 2 heteroatoms. The molecule has 0 bridgehead atoms. The van der Waals surface area contributed by atoms with E-state index in [1.54, 1.807) is 0 Å². The van der Waals surface area contributed by atoms with Crippen LogP contribution >= 0.6 is 0 Å². The Morgan fingerprint density at radius 2 is 2.17 bits per heavy atom. The molecule has 2 nitrogen and oxygen atoms in total. The van der Waals surface area contributed by atoms with Gasteiger partial charge in [0.1, 0.15) is 5.75 Å². The lowest BCUT2D eigenvalue weighted by Gasteiger charge is -2.22. The minimum atomic E-state index is 0.706. The Bertz CT molecular complexity index is 387. The molecule has 0 radical (unpaired) electrons. The number of hydrogen-bond acceptors (Lipinski definition) is 2. The first-order chi connectivity index (χ1) is 8.70. The van der Waals surface area contributed by atoms with Gasteiger partial charge in [0.2, 0.25) is 0 Å². The van der Waals surface area contributed by atoms with E-state index in [-0.39, 0.29) is 0 Å². The van der Waals surface area contributed by atoms with E-state index in [1.807, 2.05) is 7.05 Å². The third kappa shape index (κ3) is 3.26. The van der Waals surface area contributed by atoms with Crippen molar-refractivity contribution < 1.29 is 4.74 Å². The van der Waals surface area contributed by atoms with Crippen LogP contribution in [-0.2, 0) is 12.8 Å². The Morgan fingerprint density at radius 1 is 1.33 bits per heavy atom. The van der Waals surface area contributed by atoms with Crippen molar-refractivity contribution in [1.82, 2.24) is 5.32 Å². The van der Waals surface area contributed by atoms with Gasteiger partial charge in [-0.15, -0.1) is 0 Å². The molecule has 1 aliphatic rings. The molecule has 0 aliphatic carbocycles. The second kappa shape index (κ2) is 6.24. The molecule has 2 rings (SSSR count). The van der Waals surface area contributed by atoms with Crippen LogP contribution in [0.4, 0.5) is 0 Å². The Kier molecular flexibility index (Phi) is 4.65. The maximum absolute atomic E-state index is 5.67. The van der Waals surface area contributed by atoms with Crippen molar-refractivity contribution in [2.45, 2.75) is 33.1 Å². The summed E-state index contributed by atoms with van der Waals surface area (Å²) in [6.07, 6.45) is 3.48. The minimum Gasteiger partial charge on any atom is -0.493 e. The molecule has 1 atom stereocenters. The number of nitrogens with one attached hydrogen (secondary N) is 1. The zero-order valence-corrected chi connectivity index (χ0v) is 11.8. The molecule has 1 aromatic carbocycles. The molecule has 0 amide bonds. The van der Waals surface area contributed by atoms with Crippen LogP contribution < -0.4 is 10.1 Å². The van der Waals surface area contributed by atoms with E-state index in [0.29, 0.717) is 11.8 Å². The van der Waals surface area contributed by atoms with Crippen molar-refractivity contribution in [2.75, 3.05) is 20.2 Å². The fourth-order valence-corrected chi connectivity index (χ4v) is 2.65. The van der Waals surface area contributed by atoms with Crippen molar-refractivity contribution in [2.24, 2.45) is 11.8 Å². The lowest BCUT2D eigenvalue weighted by molar-refractivity contribution is 0.288. The van der Waals surface area contributed by atoms with Crippen molar-refractivity contribution in [3.05, 3.63) is 29.3 Å². The normalized spacial score (nSPS) is 16.2. The summed E-state index contributed by atoms with van der Waals surface area (Å²) in [7, 11) is 2.04. The fraction of sp³-hybridized carbons (Fsp3) is 0.625. The Labute approximate surface area is 111 Å². The van der Waals surface area contributed by atoms with Crippen molar-refractivity contribution >= 4 is 0 Å². The van der Waals surface area contributed by atoms with Crippen LogP contribution in [0.2, 0.25) is 0 Å². The maximum atomic E-state index is 5.67. The number of ether oxygens (including phenoxy) is 1. The van der Waals surface area contributed by atoms with E-state index in [2.05, 4.69) is 37.4 Å². The molecule has 18 heavy (non-hydrogen) atoms. The molecule has 0 aromatic heterocycles. The molecule has 1 N–H and O–H groups in total. The Morgan fingerprint density at radius 3 is 2.89 bits per heavy atom. The fourth-order valence-electron chi connectivity index (χ4n) is 2.65. The van der Waals surface area contributed by atoms with E-state index in [4.69, 9.17) is 4.74 Å². The van der Waals surface area contributed by atoms with Gasteiger partial charge >= 0.3 is 0 Å². The summed E-state index contributed by atoms with van der Waals surface area (Å²) >= 11 is 0. The van der Waals surface area contributed by atoms with Crippen LogP contribution in [0.1, 0.15) is 31.4 Å². The highest BCUT2D eigenvalue weighted by Crippen LogP contribution is 2.27. The summed E-state index contributed by atoms with van der Waals surface area (Å²) < 4.78 is 5.67. The largest absolute Gasteiger partial charge is 0.493 e. The average molecular weight is 247 g/mol. The van der Waals surface area contributed by atoms with E-state index in [9.17, 15) is 0 Å². The highest BCUT2D eigenvalue weighted by molar-refractivity contribution is 5.38.